The van der Waals surface area contributed by atoms with E-state index in [0.717, 1.165) is 22.1 Å². The molecule has 0 fully saturated rings. The fourth-order valence-corrected chi connectivity index (χ4v) is 2.46. The van der Waals surface area contributed by atoms with Gasteiger partial charge >= 0.3 is 5.97 Å². The van der Waals surface area contributed by atoms with Crippen LogP contribution in [0.5, 0.6) is 11.5 Å². The third-order valence-electron chi connectivity index (χ3n) is 3.86. The van der Waals surface area contributed by atoms with Crippen LogP contribution in [0.3, 0.4) is 0 Å². The van der Waals surface area contributed by atoms with Crippen LogP contribution in [0.25, 0.3) is 10.8 Å². The SMILES string of the molecule is COc1ccc2cc(C(=O)Oc3ccc(C(C)O)cc3)ccc2c1. The van der Waals surface area contributed by atoms with Crippen molar-refractivity contribution in [3.8, 4) is 11.5 Å². The lowest BCUT2D eigenvalue weighted by molar-refractivity contribution is 0.0735. The number of fused-ring (bicyclic) bond motifs is 1. The van der Waals surface area contributed by atoms with Gasteiger partial charge in [-0.05, 0) is 59.7 Å². The average molecular weight is 322 g/mol. The first-order chi connectivity index (χ1) is 11.6. The van der Waals surface area contributed by atoms with E-state index in [-0.39, 0.29) is 0 Å². The van der Waals surface area contributed by atoms with Crippen molar-refractivity contribution < 1.29 is 19.4 Å². The molecule has 0 spiro atoms. The van der Waals surface area contributed by atoms with Crippen molar-refractivity contribution in [3.63, 3.8) is 0 Å². The summed E-state index contributed by atoms with van der Waals surface area (Å²) in [6.45, 7) is 1.69. The lowest BCUT2D eigenvalue weighted by Gasteiger charge is -2.08. The number of methoxy groups -OCH3 is 1. The largest absolute Gasteiger partial charge is 0.497 e. The molecule has 0 aromatic heterocycles. The van der Waals surface area contributed by atoms with Crippen LogP contribution in [0.4, 0.5) is 0 Å². The Balaban J connectivity index is 1.80. The lowest BCUT2D eigenvalue weighted by Crippen LogP contribution is -2.08. The second-order valence-corrected chi connectivity index (χ2v) is 5.56. The second-order valence-electron chi connectivity index (χ2n) is 5.56. The van der Waals surface area contributed by atoms with Crippen molar-refractivity contribution in [2.24, 2.45) is 0 Å². The minimum absolute atomic E-state index is 0.419. The number of hydrogen-bond acceptors (Lipinski definition) is 4. The summed E-state index contributed by atoms with van der Waals surface area (Å²) < 4.78 is 10.6. The molecule has 3 rings (SSSR count). The van der Waals surface area contributed by atoms with E-state index >= 15 is 0 Å². The Bertz CT molecular complexity index is 866. The molecule has 0 bridgehead atoms. The number of carbonyl (C=O) groups is 1. The van der Waals surface area contributed by atoms with E-state index in [9.17, 15) is 9.90 Å². The molecule has 4 nitrogen and oxygen atoms in total. The first-order valence-electron chi connectivity index (χ1n) is 7.65. The topological polar surface area (TPSA) is 55.8 Å². The molecule has 0 aliphatic rings. The molecule has 1 N–H and O–H groups in total. The van der Waals surface area contributed by atoms with E-state index in [2.05, 4.69) is 0 Å². The molecular weight excluding hydrogens is 304 g/mol. The van der Waals surface area contributed by atoms with Crippen LogP contribution >= 0.6 is 0 Å². The first kappa shape index (κ1) is 16.0. The van der Waals surface area contributed by atoms with Crippen molar-refractivity contribution in [1.82, 2.24) is 0 Å². The van der Waals surface area contributed by atoms with Crippen LogP contribution in [-0.2, 0) is 0 Å². The van der Waals surface area contributed by atoms with Gasteiger partial charge in [-0.1, -0.05) is 24.3 Å². The van der Waals surface area contributed by atoms with Crippen molar-refractivity contribution >= 4 is 16.7 Å². The number of carbonyl (C=O) groups excluding carboxylic acids is 1. The molecule has 0 radical (unpaired) electrons. The zero-order valence-corrected chi connectivity index (χ0v) is 13.5. The molecule has 0 saturated heterocycles. The third kappa shape index (κ3) is 3.39. The molecule has 0 amide bonds. The third-order valence-corrected chi connectivity index (χ3v) is 3.86. The van der Waals surface area contributed by atoms with Gasteiger partial charge in [0.25, 0.3) is 0 Å². The Morgan fingerprint density at radius 3 is 2.21 bits per heavy atom. The van der Waals surface area contributed by atoms with Crippen molar-refractivity contribution in [1.29, 1.82) is 0 Å². The maximum absolute atomic E-state index is 12.3. The van der Waals surface area contributed by atoms with Gasteiger partial charge in [0.15, 0.2) is 0 Å². The highest BCUT2D eigenvalue weighted by molar-refractivity contribution is 5.96. The normalized spacial score (nSPS) is 12.0. The summed E-state index contributed by atoms with van der Waals surface area (Å²) in [5, 5.41) is 11.4. The molecule has 4 heteroatoms. The number of rotatable bonds is 4. The molecule has 1 atom stereocenters. The van der Waals surface area contributed by atoms with Gasteiger partial charge in [-0.2, -0.15) is 0 Å². The smallest absolute Gasteiger partial charge is 0.343 e. The van der Waals surface area contributed by atoms with Gasteiger partial charge in [-0.25, -0.2) is 4.79 Å². The van der Waals surface area contributed by atoms with Gasteiger partial charge in [0.05, 0.1) is 18.8 Å². The predicted molar refractivity (Wildman–Crippen MR) is 92.5 cm³/mol. The molecule has 0 aliphatic carbocycles. The minimum atomic E-state index is -0.549. The van der Waals surface area contributed by atoms with Crippen LogP contribution in [-0.4, -0.2) is 18.2 Å². The van der Waals surface area contributed by atoms with Crippen molar-refractivity contribution in [2.75, 3.05) is 7.11 Å². The van der Waals surface area contributed by atoms with Gasteiger partial charge in [0.1, 0.15) is 11.5 Å². The van der Waals surface area contributed by atoms with Crippen LogP contribution in [0.15, 0.2) is 60.7 Å². The van der Waals surface area contributed by atoms with Crippen molar-refractivity contribution in [3.05, 3.63) is 71.8 Å². The van der Waals surface area contributed by atoms with Crippen LogP contribution in [0.1, 0.15) is 28.9 Å². The Morgan fingerprint density at radius 1 is 0.917 bits per heavy atom. The molecular formula is C20H18O4. The van der Waals surface area contributed by atoms with E-state index in [1.807, 2.05) is 24.3 Å². The molecule has 0 heterocycles. The standard InChI is InChI=1S/C20H18O4/c1-13(21)14-5-8-18(9-6-14)24-20(22)17-4-3-16-12-19(23-2)10-7-15(16)11-17/h3-13,21H,1-2H3. The first-order valence-corrected chi connectivity index (χ1v) is 7.65. The Labute approximate surface area is 140 Å². The zero-order chi connectivity index (χ0) is 17.1. The van der Waals surface area contributed by atoms with Gasteiger partial charge in [-0.3, -0.25) is 0 Å². The maximum Gasteiger partial charge on any atom is 0.343 e. The van der Waals surface area contributed by atoms with Gasteiger partial charge in [0.2, 0.25) is 0 Å². The summed E-state index contributed by atoms with van der Waals surface area (Å²) in [5.41, 5.74) is 1.25. The Morgan fingerprint density at radius 2 is 1.54 bits per heavy atom. The summed E-state index contributed by atoms with van der Waals surface area (Å²) in [6.07, 6.45) is -0.549. The molecule has 122 valence electrons. The molecule has 1 unspecified atom stereocenters. The Kier molecular flexibility index (Phi) is 4.49. The summed E-state index contributed by atoms with van der Waals surface area (Å²) in [4.78, 5) is 12.3. The summed E-state index contributed by atoms with van der Waals surface area (Å²) >= 11 is 0. The van der Waals surface area contributed by atoms with Crippen LogP contribution in [0, 0.1) is 0 Å². The highest BCUT2D eigenvalue weighted by atomic mass is 16.5. The minimum Gasteiger partial charge on any atom is -0.497 e. The van der Waals surface area contributed by atoms with Crippen LogP contribution in [0.2, 0.25) is 0 Å². The van der Waals surface area contributed by atoms with E-state index in [1.54, 1.807) is 50.4 Å². The van der Waals surface area contributed by atoms with Crippen molar-refractivity contribution in [2.45, 2.75) is 13.0 Å². The fourth-order valence-electron chi connectivity index (χ4n) is 2.46. The lowest BCUT2D eigenvalue weighted by atomic mass is 10.1. The molecule has 0 saturated carbocycles. The monoisotopic (exact) mass is 322 g/mol. The van der Waals surface area contributed by atoms with Crippen LogP contribution < -0.4 is 9.47 Å². The average Bonchev–Trinajstić information content (AvgIpc) is 2.61. The number of ether oxygens (including phenoxy) is 2. The number of aliphatic hydroxyl groups is 1. The van der Waals surface area contributed by atoms with E-state index < -0.39 is 12.1 Å². The number of aliphatic hydroxyl groups excluding tert-OH is 1. The number of benzene rings is 3. The molecule has 24 heavy (non-hydrogen) atoms. The summed E-state index contributed by atoms with van der Waals surface area (Å²) in [6, 6.07) is 17.9. The zero-order valence-electron chi connectivity index (χ0n) is 13.5. The highest BCUT2D eigenvalue weighted by Gasteiger charge is 2.10. The summed E-state index contributed by atoms with van der Waals surface area (Å²) in [5.74, 6) is 0.799. The van der Waals surface area contributed by atoms with Gasteiger partial charge in [-0.15, -0.1) is 0 Å². The quantitative estimate of drug-likeness (QED) is 0.580. The maximum atomic E-state index is 12.3. The molecule has 3 aromatic rings. The van der Waals surface area contributed by atoms with Gasteiger partial charge in [0, 0.05) is 0 Å². The molecule has 0 aliphatic heterocycles. The fraction of sp³-hybridized carbons (Fsp3) is 0.150. The Hall–Kier alpha value is -2.85. The van der Waals surface area contributed by atoms with E-state index in [1.165, 1.54) is 0 Å². The molecule has 3 aromatic carbocycles. The van der Waals surface area contributed by atoms with Gasteiger partial charge < -0.3 is 14.6 Å². The van der Waals surface area contributed by atoms with E-state index in [4.69, 9.17) is 9.47 Å². The highest BCUT2D eigenvalue weighted by Crippen LogP contribution is 2.23. The second kappa shape index (κ2) is 6.72. The summed E-state index contributed by atoms with van der Waals surface area (Å²) in [7, 11) is 1.62. The number of esters is 1. The van der Waals surface area contributed by atoms with E-state index in [0.29, 0.717) is 11.3 Å². The number of hydrogen-bond donors (Lipinski definition) is 1. The predicted octanol–water partition coefficient (Wildman–Crippen LogP) is 4.12.